The molecule has 0 saturated carbocycles. The molecule has 0 aromatic rings. The number of rotatable bonds is 7. The van der Waals surface area contributed by atoms with Crippen LogP contribution >= 0.6 is 0 Å². The van der Waals surface area contributed by atoms with E-state index in [1.807, 2.05) is 37.5 Å². The molecule has 28 heavy (non-hydrogen) atoms. The molecule has 0 aliphatic carbocycles. The van der Waals surface area contributed by atoms with Crippen LogP contribution in [0.1, 0.15) is 59.8 Å². The lowest BCUT2D eigenvalue weighted by Gasteiger charge is -2.39. The summed E-state index contributed by atoms with van der Waals surface area (Å²) in [5, 5.41) is 0. The predicted octanol–water partition coefficient (Wildman–Crippen LogP) is 1.90. The molecule has 2 saturated heterocycles. The maximum absolute atomic E-state index is 12.8. The van der Waals surface area contributed by atoms with Gasteiger partial charge < -0.3 is 19.4 Å². The molecular formula is C21H37N3O4. The Morgan fingerprint density at radius 3 is 2.04 bits per heavy atom. The summed E-state index contributed by atoms with van der Waals surface area (Å²) in [6, 6.07) is 0. The SMILES string of the molecule is CCN(CC)C(=O)CCCC(=O)N1CCC(C(=O)N2CC(C)OC(C)C2)CC1. The van der Waals surface area contributed by atoms with E-state index >= 15 is 0 Å². The van der Waals surface area contributed by atoms with Gasteiger partial charge in [-0.15, -0.1) is 0 Å². The maximum atomic E-state index is 12.8. The highest BCUT2D eigenvalue weighted by Crippen LogP contribution is 2.23. The van der Waals surface area contributed by atoms with Crippen LogP contribution in [0.4, 0.5) is 0 Å². The Morgan fingerprint density at radius 2 is 1.50 bits per heavy atom. The molecule has 0 bridgehead atoms. The van der Waals surface area contributed by atoms with Crippen LogP contribution in [-0.4, -0.2) is 83.9 Å². The molecule has 0 spiro atoms. The van der Waals surface area contributed by atoms with Crippen molar-refractivity contribution in [2.75, 3.05) is 39.3 Å². The maximum Gasteiger partial charge on any atom is 0.225 e. The van der Waals surface area contributed by atoms with Crippen molar-refractivity contribution in [3.8, 4) is 0 Å². The third-order valence-electron chi connectivity index (χ3n) is 5.83. The Morgan fingerprint density at radius 1 is 0.929 bits per heavy atom. The van der Waals surface area contributed by atoms with Gasteiger partial charge in [0.15, 0.2) is 0 Å². The lowest BCUT2D eigenvalue weighted by molar-refractivity contribution is -0.150. The fourth-order valence-electron chi connectivity index (χ4n) is 4.28. The third kappa shape index (κ3) is 6.19. The second kappa shape index (κ2) is 10.8. The van der Waals surface area contributed by atoms with Gasteiger partial charge in [0, 0.05) is 58.0 Å². The van der Waals surface area contributed by atoms with Gasteiger partial charge in [-0.2, -0.15) is 0 Å². The Labute approximate surface area is 169 Å². The molecule has 2 aliphatic heterocycles. The second-order valence-electron chi connectivity index (χ2n) is 8.08. The zero-order valence-electron chi connectivity index (χ0n) is 18.0. The number of amides is 3. The molecule has 2 unspecified atom stereocenters. The smallest absolute Gasteiger partial charge is 0.225 e. The van der Waals surface area contributed by atoms with Gasteiger partial charge in [0.25, 0.3) is 0 Å². The van der Waals surface area contributed by atoms with Crippen LogP contribution in [0.2, 0.25) is 0 Å². The first kappa shape index (κ1) is 22.7. The minimum Gasteiger partial charge on any atom is -0.372 e. The molecule has 2 rings (SSSR count). The number of ether oxygens (including phenoxy) is 1. The van der Waals surface area contributed by atoms with Gasteiger partial charge >= 0.3 is 0 Å². The average molecular weight is 396 g/mol. The van der Waals surface area contributed by atoms with E-state index in [9.17, 15) is 14.4 Å². The highest BCUT2D eigenvalue weighted by molar-refractivity contribution is 5.81. The van der Waals surface area contributed by atoms with Crippen molar-refractivity contribution in [3.05, 3.63) is 0 Å². The first-order valence-corrected chi connectivity index (χ1v) is 10.8. The first-order valence-electron chi connectivity index (χ1n) is 10.8. The van der Waals surface area contributed by atoms with Crippen molar-refractivity contribution in [3.63, 3.8) is 0 Å². The van der Waals surface area contributed by atoms with Crippen molar-refractivity contribution >= 4 is 17.7 Å². The molecule has 0 aromatic carbocycles. The highest BCUT2D eigenvalue weighted by Gasteiger charge is 2.33. The van der Waals surface area contributed by atoms with E-state index in [2.05, 4.69) is 0 Å². The fraction of sp³-hybridized carbons (Fsp3) is 0.857. The second-order valence-corrected chi connectivity index (χ2v) is 8.08. The number of carbonyl (C=O) groups excluding carboxylic acids is 3. The first-order chi connectivity index (χ1) is 13.3. The van der Waals surface area contributed by atoms with Gasteiger partial charge in [-0.3, -0.25) is 14.4 Å². The third-order valence-corrected chi connectivity index (χ3v) is 5.83. The van der Waals surface area contributed by atoms with Crippen molar-refractivity contribution < 1.29 is 19.1 Å². The Kier molecular flexibility index (Phi) is 8.73. The van der Waals surface area contributed by atoms with Crippen LogP contribution < -0.4 is 0 Å². The van der Waals surface area contributed by atoms with Crippen LogP contribution in [0.15, 0.2) is 0 Å². The summed E-state index contributed by atoms with van der Waals surface area (Å²) in [5.74, 6) is 0.438. The number of nitrogens with zero attached hydrogens (tertiary/aromatic N) is 3. The Hall–Kier alpha value is -1.63. The number of morpholine rings is 1. The van der Waals surface area contributed by atoms with Gasteiger partial charge in [-0.1, -0.05) is 0 Å². The average Bonchev–Trinajstić information content (AvgIpc) is 2.67. The number of piperidine rings is 1. The summed E-state index contributed by atoms with van der Waals surface area (Å²) in [5.41, 5.74) is 0. The van der Waals surface area contributed by atoms with E-state index in [1.165, 1.54) is 0 Å². The summed E-state index contributed by atoms with van der Waals surface area (Å²) >= 11 is 0. The van der Waals surface area contributed by atoms with E-state index in [1.54, 1.807) is 4.90 Å². The largest absolute Gasteiger partial charge is 0.372 e. The molecule has 0 aromatic heterocycles. The number of carbonyl (C=O) groups is 3. The molecule has 7 heteroatoms. The van der Waals surface area contributed by atoms with Gasteiger partial charge in [0.2, 0.25) is 17.7 Å². The molecule has 2 aliphatic rings. The molecule has 3 amide bonds. The Balaban J connectivity index is 1.71. The van der Waals surface area contributed by atoms with E-state index < -0.39 is 0 Å². The number of hydrogen-bond acceptors (Lipinski definition) is 4. The summed E-state index contributed by atoms with van der Waals surface area (Å²) in [6.07, 6.45) is 3.03. The number of hydrogen-bond donors (Lipinski definition) is 0. The number of likely N-dealkylation sites (tertiary alicyclic amines) is 1. The lowest BCUT2D eigenvalue weighted by Crippen LogP contribution is -2.51. The summed E-state index contributed by atoms with van der Waals surface area (Å²) in [4.78, 5) is 42.9. The van der Waals surface area contributed by atoms with Gasteiger partial charge in [0.05, 0.1) is 12.2 Å². The van der Waals surface area contributed by atoms with Crippen LogP contribution in [0.25, 0.3) is 0 Å². The molecule has 2 heterocycles. The van der Waals surface area contributed by atoms with Gasteiger partial charge in [-0.05, 0) is 47.0 Å². The topological polar surface area (TPSA) is 70.2 Å². The fourth-order valence-corrected chi connectivity index (χ4v) is 4.28. The lowest BCUT2D eigenvalue weighted by atomic mass is 9.94. The van der Waals surface area contributed by atoms with Gasteiger partial charge in [0.1, 0.15) is 0 Å². The molecule has 160 valence electrons. The van der Waals surface area contributed by atoms with Crippen LogP contribution in [0, 0.1) is 5.92 Å². The minimum atomic E-state index is 0.00537. The highest BCUT2D eigenvalue weighted by atomic mass is 16.5. The monoisotopic (exact) mass is 395 g/mol. The van der Waals surface area contributed by atoms with E-state index in [4.69, 9.17) is 4.74 Å². The Bertz CT molecular complexity index is 532. The molecule has 7 nitrogen and oxygen atoms in total. The molecule has 2 fully saturated rings. The summed E-state index contributed by atoms with van der Waals surface area (Å²) < 4.78 is 5.71. The van der Waals surface area contributed by atoms with Crippen molar-refractivity contribution in [1.29, 1.82) is 0 Å². The van der Waals surface area contributed by atoms with E-state index in [0.717, 1.165) is 12.8 Å². The van der Waals surface area contributed by atoms with E-state index in [-0.39, 0.29) is 35.8 Å². The normalized spacial score (nSPS) is 23.6. The summed E-state index contributed by atoms with van der Waals surface area (Å²) in [6.45, 7) is 11.9. The predicted molar refractivity (Wildman–Crippen MR) is 108 cm³/mol. The molecular weight excluding hydrogens is 358 g/mol. The van der Waals surface area contributed by atoms with Crippen molar-refractivity contribution in [2.24, 2.45) is 5.92 Å². The molecule has 2 atom stereocenters. The van der Waals surface area contributed by atoms with Crippen LogP contribution in [0.3, 0.4) is 0 Å². The zero-order chi connectivity index (χ0) is 20.7. The quantitative estimate of drug-likeness (QED) is 0.660. The van der Waals surface area contributed by atoms with E-state index in [0.29, 0.717) is 58.5 Å². The van der Waals surface area contributed by atoms with Crippen LogP contribution in [0.5, 0.6) is 0 Å². The summed E-state index contributed by atoms with van der Waals surface area (Å²) in [7, 11) is 0. The van der Waals surface area contributed by atoms with Crippen molar-refractivity contribution in [1.82, 2.24) is 14.7 Å². The standard InChI is InChI=1S/C21H37N3O4/c1-5-22(6-2)19(25)8-7-9-20(26)23-12-10-18(11-13-23)21(27)24-14-16(3)28-17(4)15-24/h16-18H,5-15H2,1-4H3. The minimum absolute atomic E-state index is 0.00537. The zero-order valence-corrected chi connectivity index (χ0v) is 18.0. The van der Waals surface area contributed by atoms with Gasteiger partial charge in [-0.25, -0.2) is 0 Å². The van der Waals surface area contributed by atoms with Crippen LogP contribution in [-0.2, 0) is 19.1 Å². The molecule has 0 radical (unpaired) electrons. The van der Waals surface area contributed by atoms with Crippen molar-refractivity contribution in [2.45, 2.75) is 72.0 Å². The molecule has 0 N–H and O–H groups in total.